The number of hydrogen-bond acceptors (Lipinski definition) is 5. The molecule has 1 atom stereocenters. The molecule has 1 unspecified atom stereocenters. The van der Waals surface area contributed by atoms with E-state index in [1.54, 1.807) is 31.2 Å². The van der Waals surface area contributed by atoms with Crippen LogP contribution in [0.25, 0.3) is 0 Å². The van der Waals surface area contributed by atoms with Crippen molar-refractivity contribution < 1.29 is 22.7 Å². The lowest BCUT2D eigenvalue weighted by atomic mass is 9.95. The van der Waals surface area contributed by atoms with Crippen LogP contribution in [0.2, 0.25) is 0 Å². The van der Waals surface area contributed by atoms with E-state index in [0.717, 1.165) is 53.1 Å². The molecule has 230 valence electrons. The van der Waals surface area contributed by atoms with E-state index in [1.165, 1.54) is 24.1 Å². The average molecular weight is 606 g/mol. The number of nitrogens with one attached hydrogen (secondary N) is 1. The summed E-state index contributed by atoms with van der Waals surface area (Å²) in [7, 11) is -2.71. The summed E-state index contributed by atoms with van der Waals surface area (Å²) in [5, 5.41) is 3.14. The van der Waals surface area contributed by atoms with Gasteiger partial charge in [0.1, 0.15) is 18.3 Å². The lowest BCUT2D eigenvalue weighted by Gasteiger charge is -2.33. The lowest BCUT2D eigenvalue weighted by Crippen LogP contribution is -2.53. The Labute approximate surface area is 256 Å². The van der Waals surface area contributed by atoms with E-state index in [4.69, 9.17) is 4.74 Å². The highest BCUT2D eigenvalue weighted by molar-refractivity contribution is 7.92. The molecule has 0 spiro atoms. The molecule has 0 heterocycles. The van der Waals surface area contributed by atoms with Crippen molar-refractivity contribution in [1.29, 1.82) is 0 Å². The van der Waals surface area contributed by atoms with Gasteiger partial charge < -0.3 is 15.0 Å². The highest BCUT2D eigenvalue weighted by atomic mass is 32.2. The summed E-state index contributed by atoms with van der Waals surface area (Å²) in [6.45, 7) is 5.21. The maximum absolute atomic E-state index is 14.2. The molecule has 4 rings (SSSR count). The van der Waals surface area contributed by atoms with E-state index in [9.17, 15) is 18.0 Å². The molecule has 1 aliphatic rings. The zero-order chi connectivity index (χ0) is 31.0. The first-order valence-corrected chi connectivity index (χ1v) is 16.4. The minimum absolute atomic E-state index is 0.0633. The maximum atomic E-state index is 14.2. The van der Waals surface area contributed by atoms with E-state index < -0.39 is 28.5 Å². The van der Waals surface area contributed by atoms with Gasteiger partial charge in [0, 0.05) is 12.6 Å². The number of aryl methyl sites for hydroxylation is 2. The van der Waals surface area contributed by atoms with Crippen molar-refractivity contribution >= 4 is 27.5 Å². The van der Waals surface area contributed by atoms with Crippen LogP contribution in [0.3, 0.4) is 0 Å². The molecule has 1 fully saturated rings. The molecule has 3 aromatic carbocycles. The van der Waals surface area contributed by atoms with Gasteiger partial charge in [-0.25, -0.2) is 8.42 Å². The van der Waals surface area contributed by atoms with Crippen LogP contribution in [0.15, 0.2) is 77.7 Å². The molecule has 1 N–H and O–H groups in total. The lowest BCUT2D eigenvalue weighted by molar-refractivity contribution is -0.139. The second-order valence-corrected chi connectivity index (χ2v) is 13.2. The van der Waals surface area contributed by atoms with Gasteiger partial charge in [-0.15, -0.1) is 0 Å². The number of amides is 2. The Morgan fingerprint density at radius 2 is 1.58 bits per heavy atom. The van der Waals surface area contributed by atoms with Crippen molar-refractivity contribution in [1.82, 2.24) is 10.2 Å². The largest absolute Gasteiger partial charge is 0.495 e. The Balaban J connectivity index is 1.69. The molecule has 0 aromatic heterocycles. The molecule has 43 heavy (non-hydrogen) atoms. The smallest absolute Gasteiger partial charge is 0.264 e. The fraction of sp³-hybridized carbons (Fsp3) is 0.412. The Bertz CT molecular complexity index is 1490. The van der Waals surface area contributed by atoms with E-state index in [1.807, 2.05) is 50.2 Å². The molecule has 1 saturated carbocycles. The zero-order valence-electron chi connectivity index (χ0n) is 25.6. The number of rotatable bonds is 12. The minimum atomic E-state index is -4.18. The summed E-state index contributed by atoms with van der Waals surface area (Å²) >= 11 is 0. The Morgan fingerprint density at radius 3 is 2.23 bits per heavy atom. The van der Waals surface area contributed by atoms with Crippen molar-refractivity contribution in [2.75, 3.05) is 24.5 Å². The second-order valence-electron chi connectivity index (χ2n) is 11.3. The first-order valence-electron chi connectivity index (χ1n) is 15.0. The third kappa shape index (κ3) is 8.16. The van der Waals surface area contributed by atoms with Crippen molar-refractivity contribution in [3.63, 3.8) is 0 Å². The van der Waals surface area contributed by atoms with Gasteiger partial charge in [0.25, 0.3) is 10.0 Å². The van der Waals surface area contributed by atoms with Gasteiger partial charge in [-0.3, -0.25) is 13.9 Å². The molecule has 2 amide bonds. The van der Waals surface area contributed by atoms with Crippen LogP contribution < -0.4 is 14.4 Å². The number of ether oxygens (including phenoxy) is 1. The van der Waals surface area contributed by atoms with Crippen LogP contribution in [-0.2, 0) is 26.0 Å². The normalized spacial score (nSPS) is 14.5. The number of sulfonamides is 1. The average Bonchev–Trinajstić information content (AvgIpc) is 3.01. The number of methoxy groups -OCH3 is 1. The van der Waals surface area contributed by atoms with E-state index in [0.29, 0.717) is 12.2 Å². The highest BCUT2D eigenvalue weighted by Crippen LogP contribution is 2.34. The molecule has 3 aromatic rings. The Morgan fingerprint density at radius 1 is 0.930 bits per heavy atom. The van der Waals surface area contributed by atoms with Crippen molar-refractivity contribution in [3.05, 3.63) is 89.5 Å². The van der Waals surface area contributed by atoms with E-state index in [-0.39, 0.29) is 29.1 Å². The maximum Gasteiger partial charge on any atom is 0.264 e. The van der Waals surface area contributed by atoms with Crippen LogP contribution in [-0.4, -0.2) is 57.4 Å². The van der Waals surface area contributed by atoms with Gasteiger partial charge >= 0.3 is 0 Å². The summed E-state index contributed by atoms with van der Waals surface area (Å²) in [6, 6.07) is 20.8. The summed E-state index contributed by atoms with van der Waals surface area (Å²) in [6.07, 6.45) is 5.67. The summed E-state index contributed by atoms with van der Waals surface area (Å²) in [5.74, 6) is -0.371. The molecular weight excluding hydrogens is 562 g/mol. The van der Waals surface area contributed by atoms with E-state index in [2.05, 4.69) is 5.32 Å². The summed E-state index contributed by atoms with van der Waals surface area (Å²) in [5.41, 5.74) is 3.01. The van der Waals surface area contributed by atoms with Crippen LogP contribution in [0.5, 0.6) is 5.75 Å². The quantitative estimate of drug-likeness (QED) is 0.298. The van der Waals surface area contributed by atoms with Gasteiger partial charge in [0.05, 0.1) is 17.7 Å². The van der Waals surface area contributed by atoms with Crippen LogP contribution in [0.1, 0.15) is 55.7 Å². The molecule has 0 aliphatic heterocycles. The van der Waals surface area contributed by atoms with Gasteiger partial charge in [-0.1, -0.05) is 73.4 Å². The highest BCUT2D eigenvalue weighted by Gasteiger charge is 2.34. The third-order valence-corrected chi connectivity index (χ3v) is 9.87. The van der Waals surface area contributed by atoms with Gasteiger partial charge in [0.15, 0.2) is 0 Å². The first kappa shape index (κ1) is 32.1. The molecule has 0 radical (unpaired) electrons. The number of carbonyl (C=O) groups excluding carboxylic acids is 2. The summed E-state index contributed by atoms with van der Waals surface area (Å²) < 4.78 is 35.0. The number of nitrogens with zero attached hydrogens (tertiary/aromatic N) is 2. The molecule has 0 bridgehead atoms. The summed E-state index contributed by atoms with van der Waals surface area (Å²) in [4.78, 5) is 29.2. The SMILES string of the molecule is COc1ccc(C)cc1N(CC(=O)N(CCc1ccccc1)C(C)C(=O)NC1CCCCC1)S(=O)(=O)c1ccc(C)cc1. The number of anilines is 1. The Kier molecular flexibility index (Phi) is 10.9. The second kappa shape index (κ2) is 14.6. The van der Waals surface area contributed by atoms with Crippen molar-refractivity contribution in [2.24, 2.45) is 0 Å². The first-order chi connectivity index (χ1) is 20.6. The van der Waals surface area contributed by atoms with E-state index >= 15 is 0 Å². The predicted molar refractivity (Wildman–Crippen MR) is 170 cm³/mol. The molecular formula is C34H43N3O5S. The molecule has 8 nitrogen and oxygen atoms in total. The number of hydrogen-bond donors (Lipinski definition) is 1. The standard InChI is InChI=1S/C34H43N3O5S/c1-25-15-18-30(19-16-25)43(40,41)37(31-23-26(2)17-20-32(31)42-4)24-33(38)36(22-21-28-11-7-5-8-12-28)27(3)34(39)35-29-13-9-6-10-14-29/h5,7-8,11-12,15-20,23,27,29H,6,9-10,13-14,21-22,24H2,1-4H3,(H,35,39). The third-order valence-electron chi connectivity index (χ3n) is 8.09. The fourth-order valence-electron chi connectivity index (χ4n) is 5.48. The van der Waals surface area contributed by atoms with Gasteiger partial charge in [-0.05, 0) is 75.4 Å². The molecule has 0 saturated heterocycles. The number of benzene rings is 3. The monoisotopic (exact) mass is 605 g/mol. The van der Waals surface area contributed by atoms with Crippen LogP contribution >= 0.6 is 0 Å². The zero-order valence-corrected chi connectivity index (χ0v) is 26.4. The minimum Gasteiger partial charge on any atom is -0.495 e. The molecule has 9 heteroatoms. The van der Waals surface area contributed by atoms with Crippen LogP contribution in [0, 0.1) is 13.8 Å². The predicted octanol–water partition coefficient (Wildman–Crippen LogP) is 5.42. The topological polar surface area (TPSA) is 96.0 Å². The fourth-order valence-corrected chi connectivity index (χ4v) is 6.90. The Hall–Kier alpha value is -3.85. The molecule has 1 aliphatic carbocycles. The van der Waals surface area contributed by atoms with Crippen LogP contribution in [0.4, 0.5) is 5.69 Å². The van der Waals surface area contributed by atoms with Gasteiger partial charge in [-0.2, -0.15) is 0 Å². The van der Waals surface area contributed by atoms with Crippen molar-refractivity contribution in [2.45, 2.75) is 76.3 Å². The van der Waals surface area contributed by atoms with Crippen molar-refractivity contribution in [3.8, 4) is 5.75 Å². The van der Waals surface area contributed by atoms with Gasteiger partial charge in [0.2, 0.25) is 11.8 Å². The number of carbonyl (C=O) groups is 2.